The quantitative estimate of drug-likeness (QED) is 0.778. The first-order chi connectivity index (χ1) is 13.1. The standard InChI is InChI=1S/C23H34N2O2/c1-18(2)25(17-19-9-5-3-6-10-19)23(27)21-13-11-20(12-14-21)22(26)24-15-7-4-8-16-24/h3,5-6,9-10,18,20-21H,4,7-8,11-17H2,1-2H3. The Morgan fingerprint density at radius 2 is 1.56 bits per heavy atom. The van der Waals surface area contributed by atoms with Crippen LogP contribution in [0.2, 0.25) is 0 Å². The van der Waals surface area contributed by atoms with E-state index >= 15 is 0 Å². The Balaban J connectivity index is 1.55. The van der Waals surface area contributed by atoms with Gasteiger partial charge in [-0.25, -0.2) is 0 Å². The molecule has 148 valence electrons. The lowest BCUT2D eigenvalue weighted by molar-refractivity contribution is -0.143. The van der Waals surface area contributed by atoms with Crippen LogP contribution in [0, 0.1) is 11.8 Å². The number of rotatable bonds is 5. The Bertz CT molecular complexity index is 615. The molecule has 0 atom stereocenters. The SMILES string of the molecule is CC(C)N(Cc1ccccc1)C(=O)C1CCC(C(=O)N2CCCCC2)CC1. The number of amides is 2. The highest BCUT2D eigenvalue weighted by Gasteiger charge is 2.34. The van der Waals surface area contributed by atoms with Crippen molar-refractivity contribution < 1.29 is 9.59 Å². The summed E-state index contributed by atoms with van der Waals surface area (Å²) >= 11 is 0. The molecule has 4 heteroatoms. The van der Waals surface area contributed by atoms with Crippen molar-refractivity contribution in [1.29, 1.82) is 0 Å². The number of carbonyl (C=O) groups is 2. The van der Waals surface area contributed by atoms with Gasteiger partial charge in [0.1, 0.15) is 0 Å². The summed E-state index contributed by atoms with van der Waals surface area (Å²) in [5, 5.41) is 0. The summed E-state index contributed by atoms with van der Waals surface area (Å²) in [5.41, 5.74) is 1.17. The van der Waals surface area contributed by atoms with Crippen LogP contribution in [0.1, 0.15) is 64.4 Å². The average Bonchev–Trinajstić information content (AvgIpc) is 2.72. The van der Waals surface area contributed by atoms with Gasteiger partial charge < -0.3 is 9.80 Å². The van der Waals surface area contributed by atoms with Crippen molar-refractivity contribution in [2.24, 2.45) is 11.8 Å². The Morgan fingerprint density at radius 3 is 2.15 bits per heavy atom. The van der Waals surface area contributed by atoms with Gasteiger partial charge in [0.15, 0.2) is 0 Å². The number of hydrogen-bond donors (Lipinski definition) is 0. The number of benzene rings is 1. The van der Waals surface area contributed by atoms with E-state index in [1.165, 1.54) is 12.0 Å². The van der Waals surface area contributed by atoms with Gasteiger partial charge in [0.05, 0.1) is 0 Å². The Morgan fingerprint density at radius 1 is 0.963 bits per heavy atom. The van der Waals surface area contributed by atoms with Crippen molar-refractivity contribution in [1.82, 2.24) is 9.80 Å². The van der Waals surface area contributed by atoms with E-state index in [9.17, 15) is 9.59 Å². The minimum atomic E-state index is 0.0709. The number of likely N-dealkylation sites (tertiary alicyclic amines) is 1. The van der Waals surface area contributed by atoms with Crippen LogP contribution in [0.3, 0.4) is 0 Å². The molecule has 27 heavy (non-hydrogen) atoms. The van der Waals surface area contributed by atoms with E-state index in [1.54, 1.807) is 0 Å². The molecule has 0 spiro atoms. The lowest BCUT2D eigenvalue weighted by Crippen LogP contribution is -2.44. The second kappa shape index (κ2) is 9.38. The topological polar surface area (TPSA) is 40.6 Å². The summed E-state index contributed by atoms with van der Waals surface area (Å²) in [4.78, 5) is 30.0. The van der Waals surface area contributed by atoms with Crippen molar-refractivity contribution in [2.75, 3.05) is 13.1 Å². The largest absolute Gasteiger partial charge is 0.342 e. The lowest BCUT2D eigenvalue weighted by Gasteiger charge is -2.36. The normalized spacial score (nSPS) is 23.3. The van der Waals surface area contributed by atoms with E-state index in [0.717, 1.165) is 51.6 Å². The molecule has 0 aromatic heterocycles. The van der Waals surface area contributed by atoms with Crippen molar-refractivity contribution in [3.63, 3.8) is 0 Å². The fourth-order valence-corrected chi connectivity index (χ4v) is 4.49. The molecule has 0 unspecified atom stereocenters. The minimum absolute atomic E-state index is 0.0709. The highest BCUT2D eigenvalue weighted by Crippen LogP contribution is 2.32. The third kappa shape index (κ3) is 5.12. The van der Waals surface area contributed by atoms with Crippen LogP contribution in [0.15, 0.2) is 30.3 Å². The van der Waals surface area contributed by atoms with Crippen molar-refractivity contribution >= 4 is 11.8 Å². The predicted octanol–water partition coefficient (Wildman–Crippen LogP) is 4.24. The molecule has 0 N–H and O–H groups in total. The molecule has 1 aliphatic heterocycles. The molecule has 1 aliphatic carbocycles. The first-order valence-electron chi connectivity index (χ1n) is 10.7. The van der Waals surface area contributed by atoms with Crippen molar-refractivity contribution in [2.45, 2.75) is 71.4 Å². The molecule has 0 radical (unpaired) electrons. The zero-order valence-corrected chi connectivity index (χ0v) is 16.9. The molecular weight excluding hydrogens is 336 g/mol. The van der Waals surface area contributed by atoms with Crippen LogP contribution < -0.4 is 0 Å². The maximum atomic E-state index is 13.2. The van der Waals surface area contributed by atoms with E-state index < -0.39 is 0 Å². The fourth-order valence-electron chi connectivity index (χ4n) is 4.49. The van der Waals surface area contributed by atoms with Gasteiger partial charge >= 0.3 is 0 Å². The van der Waals surface area contributed by atoms with E-state index in [4.69, 9.17) is 0 Å². The van der Waals surface area contributed by atoms with Crippen LogP contribution in [0.5, 0.6) is 0 Å². The van der Waals surface area contributed by atoms with Crippen molar-refractivity contribution in [3.8, 4) is 0 Å². The fraction of sp³-hybridized carbons (Fsp3) is 0.652. The van der Waals surface area contributed by atoms with Gasteiger partial charge in [-0.05, 0) is 64.4 Å². The molecule has 2 fully saturated rings. The predicted molar refractivity (Wildman–Crippen MR) is 108 cm³/mol. The van der Waals surface area contributed by atoms with Crippen LogP contribution in [0.4, 0.5) is 0 Å². The molecular formula is C23H34N2O2. The second-order valence-corrected chi connectivity index (χ2v) is 8.48. The monoisotopic (exact) mass is 370 g/mol. The number of nitrogens with zero attached hydrogens (tertiary/aromatic N) is 2. The molecule has 2 aliphatic rings. The van der Waals surface area contributed by atoms with Crippen molar-refractivity contribution in [3.05, 3.63) is 35.9 Å². The van der Waals surface area contributed by atoms with Gasteiger partial charge in [0.2, 0.25) is 11.8 Å². The Hall–Kier alpha value is -1.84. The first kappa shape index (κ1) is 19.9. The molecule has 3 rings (SSSR count). The molecule has 1 aromatic rings. The maximum absolute atomic E-state index is 13.2. The summed E-state index contributed by atoms with van der Waals surface area (Å²) < 4.78 is 0. The lowest BCUT2D eigenvalue weighted by atomic mass is 9.80. The molecule has 0 bridgehead atoms. The molecule has 1 heterocycles. The van der Waals surface area contributed by atoms with Gasteiger partial charge in [0, 0.05) is 37.5 Å². The summed E-state index contributed by atoms with van der Waals surface area (Å²) in [6.45, 7) is 6.70. The smallest absolute Gasteiger partial charge is 0.226 e. The third-order valence-corrected chi connectivity index (χ3v) is 6.20. The number of hydrogen-bond acceptors (Lipinski definition) is 2. The van der Waals surface area contributed by atoms with E-state index in [0.29, 0.717) is 12.5 Å². The maximum Gasteiger partial charge on any atom is 0.226 e. The van der Waals surface area contributed by atoms with Gasteiger partial charge in [0.25, 0.3) is 0 Å². The minimum Gasteiger partial charge on any atom is -0.342 e. The van der Waals surface area contributed by atoms with Gasteiger partial charge in [-0.1, -0.05) is 30.3 Å². The van der Waals surface area contributed by atoms with Crippen LogP contribution in [0.25, 0.3) is 0 Å². The highest BCUT2D eigenvalue weighted by atomic mass is 16.2. The van der Waals surface area contributed by atoms with Gasteiger partial charge in [-0.3, -0.25) is 9.59 Å². The number of carbonyl (C=O) groups excluding carboxylic acids is 2. The molecule has 4 nitrogen and oxygen atoms in total. The Labute approximate surface area is 163 Å². The van der Waals surface area contributed by atoms with E-state index in [2.05, 4.69) is 30.9 Å². The summed E-state index contributed by atoms with van der Waals surface area (Å²) in [6, 6.07) is 10.4. The summed E-state index contributed by atoms with van der Waals surface area (Å²) in [7, 11) is 0. The average molecular weight is 371 g/mol. The van der Waals surface area contributed by atoms with Crippen LogP contribution in [-0.2, 0) is 16.1 Å². The zero-order valence-electron chi connectivity index (χ0n) is 16.9. The number of piperidine rings is 1. The molecule has 1 saturated heterocycles. The third-order valence-electron chi connectivity index (χ3n) is 6.20. The summed E-state index contributed by atoms with van der Waals surface area (Å²) in [5.74, 6) is 0.804. The van der Waals surface area contributed by atoms with Gasteiger partial charge in [-0.15, -0.1) is 0 Å². The van der Waals surface area contributed by atoms with Crippen LogP contribution in [-0.4, -0.2) is 40.7 Å². The summed E-state index contributed by atoms with van der Waals surface area (Å²) in [6.07, 6.45) is 6.95. The highest BCUT2D eigenvalue weighted by molar-refractivity contribution is 5.81. The second-order valence-electron chi connectivity index (χ2n) is 8.48. The van der Waals surface area contributed by atoms with E-state index in [-0.39, 0.29) is 23.8 Å². The first-order valence-corrected chi connectivity index (χ1v) is 10.7. The van der Waals surface area contributed by atoms with Crippen LogP contribution >= 0.6 is 0 Å². The zero-order chi connectivity index (χ0) is 19.2. The van der Waals surface area contributed by atoms with E-state index in [1.807, 2.05) is 23.1 Å². The Kier molecular flexibility index (Phi) is 6.92. The molecule has 1 aromatic carbocycles. The molecule has 2 amide bonds. The molecule has 1 saturated carbocycles. The van der Waals surface area contributed by atoms with Gasteiger partial charge in [-0.2, -0.15) is 0 Å².